The van der Waals surface area contributed by atoms with E-state index in [9.17, 15) is 4.89 Å². The molecule has 4 aromatic rings. The second kappa shape index (κ2) is 10.3. The van der Waals surface area contributed by atoms with Crippen LogP contribution in [0.4, 0.5) is 0 Å². The molecule has 1 N–H and O–H groups in total. The average molecular weight is 559 g/mol. The Morgan fingerprint density at radius 1 is 0.450 bits per heavy atom. The van der Waals surface area contributed by atoms with E-state index in [1.54, 1.807) is 0 Å². The minimum atomic E-state index is -2.22. The van der Waals surface area contributed by atoms with Crippen LogP contribution in [0.1, 0.15) is 105 Å². The van der Waals surface area contributed by atoms with E-state index in [2.05, 4.69) is 132 Å². The zero-order valence-electron chi connectivity index (χ0n) is 26.5. The quantitative estimate of drug-likeness (QED) is 0.253. The Bertz CT molecular complexity index is 1420. The summed E-state index contributed by atoms with van der Waals surface area (Å²) in [5.74, 6) is 1.31. The minimum absolute atomic E-state index is 0.0669. The van der Waals surface area contributed by atoms with Gasteiger partial charge in [-0.1, -0.05) is 119 Å². The monoisotopic (exact) mass is 558 g/mol. The van der Waals surface area contributed by atoms with Gasteiger partial charge in [0.25, 0.3) is 0 Å². The van der Waals surface area contributed by atoms with Crippen LogP contribution in [0.2, 0.25) is 0 Å². The Kier molecular flexibility index (Phi) is 7.85. The van der Waals surface area contributed by atoms with Gasteiger partial charge >= 0.3 is 8.60 Å². The maximum atomic E-state index is 11.2. The molecular formula is C36H47O3P. The van der Waals surface area contributed by atoms with Crippen LogP contribution in [0.15, 0.2) is 60.7 Å². The molecule has 4 rings (SSSR count). The highest BCUT2D eigenvalue weighted by Crippen LogP contribution is 2.46. The van der Waals surface area contributed by atoms with Gasteiger partial charge in [-0.3, -0.25) is 0 Å². The standard InChI is InChI=1S/C36H47O3P/c1-33(2,3)27-15-13-23-21-31(29(35(7,8)9)19-25(23)17-27)38-40(37)39-32-22-24-14-16-28(34(4,5)6)18-26(24)20-30(32)36(10,11)12/h13-22,37H,1-12H3. The number of rotatable bonds is 4. The molecule has 0 fully saturated rings. The van der Waals surface area contributed by atoms with E-state index in [0.29, 0.717) is 11.5 Å². The molecule has 40 heavy (non-hydrogen) atoms. The van der Waals surface area contributed by atoms with E-state index in [4.69, 9.17) is 9.05 Å². The highest BCUT2D eigenvalue weighted by Gasteiger charge is 2.27. The minimum Gasteiger partial charge on any atom is -0.418 e. The number of hydrogen-bond acceptors (Lipinski definition) is 3. The van der Waals surface area contributed by atoms with Crippen LogP contribution in [0.5, 0.6) is 11.5 Å². The normalized spacial score (nSPS) is 13.3. The Hall–Kier alpha value is -2.61. The lowest BCUT2D eigenvalue weighted by molar-refractivity contribution is 0.372. The molecule has 0 saturated carbocycles. The van der Waals surface area contributed by atoms with E-state index in [1.807, 2.05) is 12.1 Å². The molecule has 3 nitrogen and oxygen atoms in total. The Labute approximate surface area is 242 Å². The van der Waals surface area contributed by atoms with Crippen molar-refractivity contribution in [1.82, 2.24) is 0 Å². The molecule has 0 amide bonds. The first-order chi connectivity index (χ1) is 18.2. The van der Waals surface area contributed by atoms with Gasteiger partial charge in [-0.2, -0.15) is 0 Å². The van der Waals surface area contributed by atoms with Crippen LogP contribution in [0.3, 0.4) is 0 Å². The van der Waals surface area contributed by atoms with Crippen LogP contribution in [-0.2, 0) is 21.7 Å². The molecule has 0 unspecified atom stereocenters. The first kappa shape index (κ1) is 30.4. The van der Waals surface area contributed by atoms with Crippen LogP contribution in [-0.4, -0.2) is 4.89 Å². The van der Waals surface area contributed by atoms with Crippen molar-refractivity contribution in [3.63, 3.8) is 0 Å². The second-order valence-corrected chi connectivity index (χ2v) is 16.1. The molecular weight excluding hydrogens is 511 g/mol. The van der Waals surface area contributed by atoms with Gasteiger partial charge < -0.3 is 13.9 Å². The van der Waals surface area contributed by atoms with Crippen molar-refractivity contribution >= 4 is 30.1 Å². The summed E-state index contributed by atoms with van der Waals surface area (Å²) in [6, 6.07) is 21.6. The van der Waals surface area contributed by atoms with E-state index in [1.165, 1.54) is 21.9 Å². The Balaban J connectivity index is 1.72. The lowest BCUT2D eigenvalue weighted by atomic mass is 9.83. The van der Waals surface area contributed by atoms with Crippen LogP contribution >= 0.6 is 8.60 Å². The molecule has 0 atom stereocenters. The molecule has 4 aromatic carbocycles. The van der Waals surface area contributed by atoms with Gasteiger partial charge in [0.05, 0.1) is 0 Å². The van der Waals surface area contributed by atoms with Crippen molar-refractivity contribution in [3.05, 3.63) is 82.9 Å². The molecule has 0 aliphatic heterocycles. The van der Waals surface area contributed by atoms with E-state index in [-0.39, 0.29) is 21.7 Å². The van der Waals surface area contributed by atoms with Gasteiger partial charge in [-0.25, -0.2) is 0 Å². The first-order valence-corrected chi connectivity index (χ1v) is 15.4. The summed E-state index contributed by atoms with van der Waals surface area (Å²) in [5, 5.41) is 4.50. The summed E-state index contributed by atoms with van der Waals surface area (Å²) in [4.78, 5) is 11.2. The smallest absolute Gasteiger partial charge is 0.418 e. The third-order valence-electron chi connectivity index (χ3n) is 7.58. The van der Waals surface area contributed by atoms with Gasteiger partial charge in [0, 0.05) is 11.1 Å². The number of hydrogen-bond donors (Lipinski definition) is 1. The van der Waals surface area contributed by atoms with Crippen molar-refractivity contribution in [3.8, 4) is 11.5 Å². The summed E-state index contributed by atoms with van der Waals surface area (Å²) in [7, 11) is -2.22. The fourth-order valence-corrected chi connectivity index (χ4v) is 5.67. The van der Waals surface area contributed by atoms with Gasteiger partial charge in [-0.05, 0) is 78.6 Å². The molecule has 0 spiro atoms. The van der Waals surface area contributed by atoms with Crippen molar-refractivity contribution in [1.29, 1.82) is 0 Å². The lowest BCUT2D eigenvalue weighted by Crippen LogP contribution is -2.15. The Morgan fingerprint density at radius 2 is 0.800 bits per heavy atom. The predicted octanol–water partition coefficient (Wildman–Crippen LogP) is 10.9. The lowest BCUT2D eigenvalue weighted by Gasteiger charge is -2.27. The summed E-state index contributed by atoms with van der Waals surface area (Å²) >= 11 is 0. The van der Waals surface area contributed by atoms with Crippen LogP contribution in [0.25, 0.3) is 21.5 Å². The zero-order valence-corrected chi connectivity index (χ0v) is 27.4. The van der Waals surface area contributed by atoms with Gasteiger partial charge in [0.1, 0.15) is 11.5 Å². The van der Waals surface area contributed by atoms with Crippen molar-refractivity contribution in [2.75, 3.05) is 0 Å². The fraction of sp³-hybridized carbons (Fsp3) is 0.444. The van der Waals surface area contributed by atoms with E-state index >= 15 is 0 Å². The second-order valence-electron chi connectivity index (χ2n) is 15.2. The summed E-state index contributed by atoms with van der Waals surface area (Å²) in [6.07, 6.45) is 0. The predicted molar refractivity (Wildman–Crippen MR) is 173 cm³/mol. The van der Waals surface area contributed by atoms with Crippen molar-refractivity contribution in [2.24, 2.45) is 0 Å². The molecule has 0 saturated heterocycles. The molecule has 0 radical (unpaired) electrons. The highest BCUT2D eigenvalue weighted by atomic mass is 31.2. The zero-order chi connectivity index (χ0) is 29.8. The number of fused-ring (bicyclic) bond motifs is 2. The van der Waals surface area contributed by atoms with Crippen LogP contribution in [0, 0.1) is 0 Å². The van der Waals surface area contributed by atoms with E-state index < -0.39 is 8.60 Å². The van der Waals surface area contributed by atoms with E-state index in [0.717, 1.165) is 21.9 Å². The fourth-order valence-electron chi connectivity index (χ4n) is 5.00. The Morgan fingerprint density at radius 3 is 1.10 bits per heavy atom. The molecule has 214 valence electrons. The summed E-state index contributed by atoms with van der Waals surface area (Å²) in [6.45, 7) is 26.4. The largest absolute Gasteiger partial charge is 0.460 e. The SMILES string of the molecule is CC(C)(C)c1ccc2cc(OP(O)Oc3cc4ccc(C(C)(C)C)cc4cc3C(C)(C)C)c(C(C)(C)C)cc2c1. The molecule has 4 heteroatoms. The topological polar surface area (TPSA) is 38.7 Å². The molecule has 0 aliphatic rings. The number of benzene rings is 4. The van der Waals surface area contributed by atoms with Crippen LogP contribution < -0.4 is 9.05 Å². The molecule has 0 heterocycles. The maximum Gasteiger partial charge on any atom is 0.460 e. The van der Waals surface area contributed by atoms with Crippen molar-refractivity contribution < 1.29 is 13.9 Å². The summed E-state index contributed by atoms with van der Waals surface area (Å²) in [5.41, 5.74) is 4.45. The van der Waals surface area contributed by atoms with Gasteiger partial charge in [0.15, 0.2) is 0 Å². The molecule has 0 bridgehead atoms. The van der Waals surface area contributed by atoms with Crippen molar-refractivity contribution in [2.45, 2.75) is 105 Å². The first-order valence-electron chi connectivity index (χ1n) is 14.3. The third-order valence-corrected chi connectivity index (χ3v) is 8.28. The average Bonchev–Trinajstić information content (AvgIpc) is 2.80. The van der Waals surface area contributed by atoms with Gasteiger partial charge in [0.2, 0.25) is 0 Å². The van der Waals surface area contributed by atoms with Gasteiger partial charge in [-0.15, -0.1) is 0 Å². The molecule has 0 aromatic heterocycles. The summed E-state index contributed by atoms with van der Waals surface area (Å²) < 4.78 is 12.4. The third kappa shape index (κ3) is 6.64. The highest BCUT2D eigenvalue weighted by molar-refractivity contribution is 7.41. The maximum absolute atomic E-state index is 11.2. The molecule has 0 aliphatic carbocycles.